The molecule has 4 unspecified atom stereocenters. The highest BCUT2D eigenvalue weighted by Gasteiger charge is 2.52. The Bertz CT molecular complexity index is 812. The van der Waals surface area contributed by atoms with Crippen LogP contribution in [0.3, 0.4) is 0 Å². The molecule has 4 atom stereocenters. The molecule has 2 heterocycles. The zero-order chi connectivity index (χ0) is 21.8. The van der Waals surface area contributed by atoms with Crippen LogP contribution in [0.15, 0.2) is 0 Å². The Labute approximate surface area is 179 Å². The van der Waals surface area contributed by atoms with E-state index >= 15 is 0 Å². The van der Waals surface area contributed by atoms with Gasteiger partial charge in [0.25, 0.3) is 0 Å². The van der Waals surface area contributed by atoms with Crippen LogP contribution in [0.25, 0.3) is 0 Å². The molecule has 4 fully saturated rings. The molecule has 2 aliphatic heterocycles. The quantitative estimate of drug-likeness (QED) is 0.630. The van der Waals surface area contributed by atoms with E-state index < -0.39 is 21.2 Å². The van der Waals surface area contributed by atoms with E-state index in [1.54, 1.807) is 0 Å². The van der Waals surface area contributed by atoms with Gasteiger partial charge in [0.2, 0.25) is 15.9 Å². The zero-order valence-corrected chi connectivity index (χ0v) is 19.2. The van der Waals surface area contributed by atoms with Gasteiger partial charge in [0.05, 0.1) is 11.2 Å². The standard InChI is InChI=1S/C20H35N5O4S/c1-13(2)25-17-6-5-15(30(28,29)22-20(3)7-8-20)9-16(17)18(26)24(19(25)27)12-14-10-21-23(4)11-14/h13-17,21-22H,5-12H2,1-4H3. The normalized spacial score (nSPS) is 34.6. The maximum atomic E-state index is 13.4. The van der Waals surface area contributed by atoms with Crippen molar-refractivity contribution >= 4 is 22.0 Å². The molecule has 10 heteroatoms. The molecule has 3 amide bonds. The number of hydrogen-bond acceptors (Lipinski definition) is 6. The van der Waals surface area contributed by atoms with Crippen LogP contribution >= 0.6 is 0 Å². The second kappa shape index (κ2) is 7.72. The molecule has 4 rings (SSSR count). The lowest BCUT2D eigenvalue weighted by molar-refractivity contribution is -0.141. The lowest BCUT2D eigenvalue weighted by atomic mass is 9.80. The van der Waals surface area contributed by atoms with Gasteiger partial charge in [-0.1, -0.05) is 0 Å². The molecule has 2 N–H and O–H groups in total. The third-order valence-corrected chi connectivity index (χ3v) is 9.25. The third-order valence-electron chi connectivity index (χ3n) is 7.16. The number of sulfonamides is 1. The fourth-order valence-electron chi connectivity index (χ4n) is 5.24. The van der Waals surface area contributed by atoms with Gasteiger partial charge in [-0.05, 0) is 52.9 Å². The number of fused-ring (bicyclic) bond motifs is 1. The summed E-state index contributed by atoms with van der Waals surface area (Å²) in [5, 5.41) is 1.39. The minimum absolute atomic E-state index is 0.0402. The number of hydrazine groups is 1. The van der Waals surface area contributed by atoms with Crippen molar-refractivity contribution in [1.29, 1.82) is 0 Å². The van der Waals surface area contributed by atoms with Crippen molar-refractivity contribution < 1.29 is 18.0 Å². The Balaban J connectivity index is 1.54. The van der Waals surface area contributed by atoms with Crippen LogP contribution in [0, 0.1) is 11.8 Å². The van der Waals surface area contributed by atoms with E-state index in [9.17, 15) is 18.0 Å². The molecule has 0 aromatic rings. The summed E-state index contributed by atoms with van der Waals surface area (Å²) in [6, 6.07) is -0.481. The average molecular weight is 442 g/mol. The van der Waals surface area contributed by atoms with E-state index in [2.05, 4.69) is 10.1 Å². The number of nitrogens with zero attached hydrogens (tertiary/aromatic N) is 3. The first kappa shape index (κ1) is 22.0. The van der Waals surface area contributed by atoms with Crippen LogP contribution < -0.4 is 10.1 Å². The summed E-state index contributed by atoms with van der Waals surface area (Å²) in [4.78, 5) is 29.9. The SMILES string of the molecule is CC(C)N1C(=O)N(CC2CNN(C)C2)C(=O)C2CC(S(=O)(=O)NC3(C)CC3)CCC21. The number of urea groups is 1. The minimum atomic E-state index is -3.49. The number of imide groups is 1. The largest absolute Gasteiger partial charge is 0.327 e. The molecule has 0 aromatic carbocycles. The predicted molar refractivity (Wildman–Crippen MR) is 113 cm³/mol. The summed E-state index contributed by atoms with van der Waals surface area (Å²) in [6.07, 6.45) is 3.02. The van der Waals surface area contributed by atoms with Gasteiger partial charge in [0.15, 0.2) is 0 Å². The number of carbonyl (C=O) groups is 2. The first-order chi connectivity index (χ1) is 14.0. The van der Waals surface area contributed by atoms with Crippen LogP contribution in [0.5, 0.6) is 0 Å². The highest BCUT2D eigenvalue weighted by atomic mass is 32.2. The van der Waals surface area contributed by atoms with Gasteiger partial charge in [0.1, 0.15) is 0 Å². The van der Waals surface area contributed by atoms with Crippen LogP contribution in [0.2, 0.25) is 0 Å². The molecular weight excluding hydrogens is 406 g/mol. The smallest absolute Gasteiger partial charge is 0.318 e. The van der Waals surface area contributed by atoms with Crippen molar-refractivity contribution in [3.63, 3.8) is 0 Å². The highest BCUT2D eigenvalue weighted by Crippen LogP contribution is 2.40. The van der Waals surface area contributed by atoms with Gasteiger partial charge in [-0.15, -0.1) is 0 Å². The molecule has 4 aliphatic rings. The van der Waals surface area contributed by atoms with Crippen LogP contribution in [0.1, 0.15) is 52.9 Å². The predicted octanol–water partition coefficient (Wildman–Crippen LogP) is 0.734. The summed E-state index contributed by atoms with van der Waals surface area (Å²) in [5.41, 5.74) is 2.90. The number of rotatable bonds is 6. The molecule has 0 bridgehead atoms. The van der Waals surface area contributed by atoms with Crippen LogP contribution in [0.4, 0.5) is 4.79 Å². The number of hydrogen-bond donors (Lipinski definition) is 2. The molecule has 0 spiro atoms. The van der Waals surface area contributed by atoms with Crippen molar-refractivity contribution in [2.75, 3.05) is 26.7 Å². The molecule has 2 saturated heterocycles. The molecule has 0 radical (unpaired) electrons. The van der Waals surface area contributed by atoms with Crippen molar-refractivity contribution in [2.45, 2.75) is 75.7 Å². The molecule has 2 saturated carbocycles. The molecule has 0 aromatic heterocycles. The maximum Gasteiger partial charge on any atom is 0.327 e. The summed E-state index contributed by atoms with van der Waals surface area (Å²) >= 11 is 0. The Morgan fingerprint density at radius 3 is 2.50 bits per heavy atom. The second-order valence-electron chi connectivity index (χ2n) is 10.2. The lowest BCUT2D eigenvalue weighted by Crippen LogP contribution is -2.66. The van der Waals surface area contributed by atoms with Gasteiger partial charge in [-0.25, -0.2) is 22.9 Å². The van der Waals surface area contributed by atoms with Gasteiger partial charge < -0.3 is 4.90 Å². The molecule has 170 valence electrons. The van der Waals surface area contributed by atoms with Crippen LogP contribution in [-0.4, -0.2) is 84.7 Å². The van der Waals surface area contributed by atoms with E-state index in [0.717, 1.165) is 25.9 Å². The van der Waals surface area contributed by atoms with E-state index in [-0.39, 0.29) is 41.9 Å². The minimum Gasteiger partial charge on any atom is -0.318 e. The molecule has 2 aliphatic carbocycles. The lowest BCUT2D eigenvalue weighted by Gasteiger charge is -2.50. The van der Waals surface area contributed by atoms with E-state index in [1.165, 1.54) is 4.90 Å². The fourth-order valence-corrected chi connectivity index (χ4v) is 7.21. The topological polar surface area (TPSA) is 102 Å². The summed E-state index contributed by atoms with van der Waals surface area (Å²) in [5.74, 6) is -0.485. The maximum absolute atomic E-state index is 13.4. The number of nitrogens with one attached hydrogen (secondary N) is 2. The molecule has 30 heavy (non-hydrogen) atoms. The van der Waals surface area contributed by atoms with Crippen molar-refractivity contribution in [2.24, 2.45) is 11.8 Å². The Morgan fingerprint density at radius 2 is 1.93 bits per heavy atom. The van der Waals surface area contributed by atoms with E-state index in [4.69, 9.17) is 0 Å². The fraction of sp³-hybridized carbons (Fsp3) is 0.900. The average Bonchev–Trinajstić information content (AvgIpc) is 3.22. The van der Waals surface area contributed by atoms with Gasteiger partial charge in [-0.2, -0.15) is 0 Å². The first-order valence-corrected chi connectivity index (χ1v) is 12.7. The second-order valence-corrected chi connectivity index (χ2v) is 12.1. The summed E-state index contributed by atoms with van der Waals surface area (Å²) in [7, 11) is -1.55. The monoisotopic (exact) mass is 441 g/mol. The van der Waals surface area contributed by atoms with E-state index in [0.29, 0.717) is 19.4 Å². The van der Waals surface area contributed by atoms with Crippen molar-refractivity contribution in [3.8, 4) is 0 Å². The van der Waals surface area contributed by atoms with Crippen molar-refractivity contribution in [3.05, 3.63) is 0 Å². The Hall–Kier alpha value is -1.23. The van der Waals surface area contributed by atoms with E-state index in [1.807, 2.05) is 37.7 Å². The van der Waals surface area contributed by atoms with Gasteiger partial charge in [-0.3, -0.25) is 15.1 Å². The summed E-state index contributed by atoms with van der Waals surface area (Å²) in [6.45, 7) is 7.72. The van der Waals surface area contributed by atoms with Gasteiger partial charge in [0, 0.05) is 50.2 Å². The zero-order valence-electron chi connectivity index (χ0n) is 18.4. The van der Waals surface area contributed by atoms with Crippen LogP contribution in [-0.2, 0) is 14.8 Å². The Kier molecular flexibility index (Phi) is 5.66. The highest BCUT2D eigenvalue weighted by molar-refractivity contribution is 7.90. The van der Waals surface area contributed by atoms with Gasteiger partial charge >= 0.3 is 6.03 Å². The summed E-state index contributed by atoms with van der Waals surface area (Å²) < 4.78 is 28.8. The number of carbonyl (C=O) groups excluding carboxylic acids is 2. The Morgan fingerprint density at radius 1 is 1.23 bits per heavy atom. The first-order valence-electron chi connectivity index (χ1n) is 11.1. The molecule has 9 nitrogen and oxygen atoms in total. The van der Waals surface area contributed by atoms with Crippen molar-refractivity contribution in [1.82, 2.24) is 25.0 Å². The third kappa shape index (κ3) is 4.11. The molecular formula is C20H35N5O4S. The number of amides is 3.